The highest BCUT2D eigenvalue weighted by Gasteiger charge is 2.18. The molecule has 0 fully saturated rings. The van der Waals surface area contributed by atoms with Crippen LogP contribution in [-0.2, 0) is 4.74 Å². The van der Waals surface area contributed by atoms with Crippen molar-refractivity contribution >= 4 is 5.97 Å². The molecule has 8 heteroatoms. The van der Waals surface area contributed by atoms with Crippen LogP contribution in [0.4, 0.5) is 0 Å². The summed E-state index contributed by atoms with van der Waals surface area (Å²) in [6.07, 6.45) is 3.00. The molecular formula is C9H12N6O2. The normalized spacial score (nSPS) is 12.4. The third-order valence-corrected chi connectivity index (χ3v) is 2.19. The second-order valence-corrected chi connectivity index (χ2v) is 3.32. The third-order valence-electron chi connectivity index (χ3n) is 2.19. The fourth-order valence-corrected chi connectivity index (χ4v) is 1.29. The Hall–Kier alpha value is -2.25. The van der Waals surface area contributed by atoms with Crippen LogP contribution in [0.25, 0.3) is 0 Å². The summed E-state index contributed by atoms with van der Waals surface area (Å²) in [5.41, 5.74) is 0. The van der Waals surface area contributed by atoms with Crippen LogP contribution in [0.2, 0.25) is 0 Å². The van der Waals surface area contributed by atoms with Crippen LogP contribution < -0.4 is 0 Å². The number of carbonyl (C=O) groups excluding carboxylic acids is 1. The number of rotatable bonds is 4. The lowest BCUT2D eigenvalue weighted by Crippen LogP contribution is -2.10. The van der Waals surface area contributed by atoms with Crippen molar-refractivity contribution in [1.82, 2.24) is 29.9 Å². The summed E-state index contributed by atoms with van der Waals surface area (Å²) in [5.74, 6) is 0.00755. The average Bonchev–Trinajstić information content (AvgIpc) is 3.00. The zero-order valence-electron chi connectivity index (χ0n) is 9.49. The van der Waals surface area contributed by atoms with Crippen molar-refractivity contribution in [3.8, 4) is 0 Å². The molecule has 0 amide bonds. The number of H-pyrrole nitrogens is 1. The first-order valence-corrected chi connectivity index (χ1v) is 5.16. The summed E-state index contributed by atoms with van der Waals surface area (Å²) >= 11 is 0. The van der Waals surface area contributed by atoms with E-state index in [0.717, 1.165) is 0 Å². The summed E-state index contributed by atoms with van der Waals surface area (Å²) in [6.45, 7) is 3.88. The first kappa shape index (κ1) is 11.2. The first-order chi connectivity index (χ1) is 8.22. The zero-order valence-corrected chi connectivity index (χ0v) is 9.49. The van der Waals surface area contributed by atoms with Gasteiger partial charge in [-0.25, -0.2) is 19.4 Å². The quantitative estimate of drug-likeness (QED) is 0.760. The Morgan fingerprint density at radius 3 is 3.12 bits per heavy atom. The number of aromatic amines is 1. The van der Waals surface area contributed by atoms with E-state index in [1.165, 1.54) is 6.33 Å². The highest BCUT2D eigenvalue weighted by Crippen LogP contribution is 2.11. The minimum absolute atomic E-state index is 0.0221. The summed E-state index contributed by atoms with van der Waals surface area (Å²) in [6, 6.07) is -0.173. The molecule has 0 aliphatic carbocycles. The molecule has 90 valence electrons. The molecule has 0 saturated carbocycles. The monoisotopic (exact) mass is 236 g/mol. The van der Waals surface area contributed by atoms with Gasteiger partial charge >= 0.3 is 5.97 Å². The lowest BCUT2D eigenvalue weighted by Gasteiger charge is -2.06. The second-order valence-electron chi connectivity index (χ2n) is 3.32. The van der Waals surface area contributed by atoms with Gasteiger partial charge in [0.1, 0.15) is 24.5 Å². The van der Waals surface area contributed by atoms with Crippen molar-refractivity contribution in [3.63, 3.8) is 0 Å². The SMILES string of the molecule is CCOC(=O)c1n[nH]c(C(C)n2cncn2)n1. The fraction of sp³-hybridized carbons (Fsp3) is 0.444. The van der Waals surface area contributed by atoms with E-state index in [2.05, 4.69) is 25.3 Å². The number of esters is 1. The summed E-state index contributed by atoms with van der Waals surface area (Å²) < 4.78 is 6.40. The second kappa shape index (κ2) is 4.73. The molecule has 2 heterocycles. The van der Waals surface area contributed by atoms with Gasteiger partial charge in [-0.3, -0.25) is 5.10 Å². The Morgan fingerprint density at radius 2 is 2.47 bits per heavy atom. The fourth-order valence-electron chi connectivity index (χ4n) is 1.29. The van der Waals surface area contributed by atoms with Gasteiger partial charge in [-0.2, -0.15) is 5.10 Å². The average molecular weight is 236 g/mol. The number of aromatic nitrogens is 6. The molecule has 0 saturated heterocycles. The molecule has 1 atom stereocenters. The van der Waals surface area contributed by atoms with Crippen LogP contribution >= 0.6 is 0 Å². The Morgan fingerprint density at radius 1 is 1.65 bits per heavy atom. The number of ether oxygens (including phenoxy) is 1. The maximum Gasteiger partial charge on any atom is 0.378 e. The lowest BCUT2D eigenvalue weighted by molar-refractivity contribution is 0.0512. The van der Waals surface area contributed by atoms with Gasteiger partial charge in [-0.15, -0.1) is 5.10 Å². The standard InChI is InChI=1S/C9H12N6O2/c1-3-17-9(16)8-12-7(13-14-8)6(2)15-5-10-4-11-15/h4-6H,3H2,1-2H3,(H,12,13,14). The number of nitrogens with zero attached hydrogens (tertiary/aromatic N) is 5. The molecule has 2 aromatic heterocycles. The molecule has 2 aromatic rings. The van der Waals surface area contributed by atoms with E-state index in [4.69, 9.17) is 4.74 Å². The van der Waals surface area contributed by atoms with E-state index >= 15 is 0 Å². The first-order valence-electron chi connectivity index (χ1n) is 5.16. The molecule has 1 N–H and O–H groups in total. The van der Waals surface area contributed by atoms with E-state index in [0.29, 0.717) is 12.4 Å². The molecule has 2 rings (SSSR count). The van der Waals surface area contributed by atoms with Crippen molar-refractivity contribution in [2.75, 3.05) is 6.61 Å². The topological polar surface area (TPSA) is 98.6 Å². The van der Waals surface area contributed by atoms with Crippen LogP contribution in [0.15, 0.2) is 12.7 Å². The molecule has 0 aliphatic rings. The van der Waals surface area contributed by atoms with Gasteiger partial charge in [-0.05, 0) is 13.8 Å². The van der Waals surface area contributed by atoms with Gasteiger partial charge in [-0.1, -0.05) is 0 Å². The van der Waals surface area contributed by atoms with Crippen LogP contribution in [-0.4, -0.2) is 42.5 Å². The van der Waals surface area contributed by atoms with Crippen LogP contribution in [0.3, 0.4) is 0 Å². The van der Waals surface area contributed by atoms with Gasteiger partial charge in [0.05, 0.1) is 6.61 Å². The van der Waals surface area contributed by atoms with Crippen molar-refractivity contribution < 1.29 is 9.53 Å². The summed E-state index contributed by atoms with van der Waals surface area (Å²) in [7, 11) is 0. The maximum atomic E-state index is 11.4. The zero-order chi connectivity index (χ0) is 12.3. The Labute approximate surface area is 97.0 Å². The van der Waals surface area contributed by atoms with Crippen molar-refractivity contribution in [1.29, 1.82) is 0 Å². The molecule has 0 aliphatic heterocycles. The molecule has 8 nitrogen and oxygen atoms in total. The maximum absolute atomic E-state index is 11.4. The van der Waals surface area contributed by atoms with Crippen LogP contribution in [0.5, 0.6) is 0 Å². The van der Waals surface area contributed by atoms with Crippen LogP contribution in [0, 0.1) is 0 Å². The highest BCUT2D eigenvalue weighted by atomic mass is 16.5. The van der Waals surface area contributed by atoms with E-state index in [1.807, 2.05) is 6.92 Å². The molecule has 0 radical (unpaired) electrons. The number of hydrogen-bond donors (Lipinski definition) is 1. The van der Waals surface area contributed by atoms with Crippen LogP contribution in [0.1, 0.15) is 36.3 Å². The van der Waals surface area contributed by atoms with Crippen molar-refractivity contribution in [2.24, 2.45) is 0 Å². The molecule has 0 spiro atoms. The number of carbonyl (C=O) groups is 1. The predicted molar refractivity (Wildman–Crippen MR) is 56.2 cm³/mol. The number of nitrogens with one attached hydrogen (secondary N) is 1. The smallest absolute Gasteiger partial charge is 0.378 e. The molecule has 0 aromatic carbocycles. The van der Waals surface area contributed by atoms with E-state index in [9.17, 15) is 4.79 Å². The van der Waals surface area contributed by atoms with E-state index in [1.54, 1.807) is 17.9 Å². The minimum atomic E-state index is -0.541. The Bertz CT molecular complexity index is 491. The van der Waals surface area contributed by atoms with Crippen molar-refractivity contribution in [2.45, 2.75) is 19.9 Å². The van der Waals surface area contributed by atoms with Gasteiger partial charge in [0.25, 0.3) is 5.82 Å². The highest BCUT2D eigenvalue weighted by molar-refractivity contribution is 5.84. The Kier molecular flexibility index (Phi) is 3.12. The van der Waals surface area contributed by atoms with E-state index < -0.39 is 5.97 Å². The van der Waals surface area contributed by atoms with Gasteiger partial charge in [0, 0.05) is 0 Å². The molecule has 17 heavy (non-hydrogen) atoms. The molecule has 1 unspecified atom stereocenters. The third kappa shape index (κ3) is 2.30. The van der Waals surface area contributed by atoms with Gasteiger partial charge in [0.2, 0.25) is 0 Å². The molecular weight excluding hydrogens is 224 g/mol. The van der Waals surface area contributed by atoms with E-state index in [-0.39, 0.29) is 11.9 Å². The molecule has 0 bridgehead atoms. The lowest BCUT2D eigenvalue weighted by atomic mass is 10.3. The van der Waals surface area contributed by atoms with Gasteiger partial charge in [0.15, 0.2) is 0 Å². The van der Waals surface area contributed by atoms with Gasteiger partial charge < -0.3 is 4.74 Å². The Balaban J connectivity index is 2.15. The summed E-state index contributed by atoms with van der Waals surface area (Å²) in [5, 5.41) is 10.5. The number of hydrogen-bond acceptors (Lipinski definition) is 6. The van der Waals surface area contributed by atoms with Crippen molar-refractivity contribution in [3.05, 3.63) is 24.3 Å². The minimum Gasteiger partial charge on any atom is -0.460 e. The summed E-state index contributed by atoms with van der Waals surface area (Å²) in [4.78, 5) is 19.3. The largest absolute Gasteiger partial charge is 0.460 e. The predicted octanol–water partition coefficient (Wildman–Crippen LogP) is 0.182.